The molecule has 0 aromatic heterocycles. The van der Waals surface area contributed by atoms with Gasteiger partial charge in [0.15, 0.2) is 0 Å². The second-order valence-corrected chi connectivity index (χ2v) is 7.71. The highest BCUT2D eigenvalue weighted by Crippen LogP contribution is 2.34. The van der Waals surface area contributed by atoms with Crippen molar-refractivity contribution in [3.05, 3.63) is 35.9 Å². The van der Waals surface area contributed by atoms with Gasteiger partial charge in [-0.2, -0.15) is 5.06 Å². The number of amides is 1. The molecule has 1 amide bonds. The third kappa shape index (κ3) is 3.45. The zero-order valence-corrected chi connectivity index (χ0v) is 15.1. The predicted molar refractivity (Wildman–Crippen MR) is 96.9 cm³/mol. The van der Waals surface area contributed by atoms with Crippen LogP contribution in [0.3, 0.4) is 0 Å². The Bertz CT molecular complexity index is 581. The molecule has 0 radical (unpaired) electrons. The maximum atomic E-state index is 13.0. The minimum Gasteiger partial charge on any atom is -0.297 e. The number of benzene rings is 1. The first kappa shape index (κ1) is 16.9. The molecule has 0 bridgehead atoms. The molecule has 2 heterocycles. The molecular weight excluding hydrogens is 328 g/mol. The molecule has 2 fully saturated rings. The van der Waals surface area contributed by atoms with E-state index in [2.05, 4.69) is 19.1 Å². The van der Waals surface area contributed by atoms with E-state index in [4.69, 9.17) is 17.1 Å². The third-order valence-corrected chi connectivity index (χ3v) is 5.93. The van der Waals surface area contributed by atoms with Gasteiger partial charge in [0, 0.05) is 24.9 Å². The van der Waals surface area contributed by atoms with Gasteiger partial charge in [0.25, 0.3) is 0 Å². The average Bonchev–Trinajstić information content (AvgIpc) is 3.10. The average molecular weight is 351 g/mol. The molecule has 124 valence electrons. The summed E-state index contributed by atoms with van der Waals surface area (Å²) >= 11 is 6.90. The number of thiocarbonyl (C=S) groups is 1. The number of hydrogen-bond donors (Lipinski definition) is 0. The molecule has 4 nitrogen and oxygen atoms in total. The van der Waals surface area contributed by atoms with Crippen molar-refractivity contribution in [3.63, 3.8) is 0 Å². The first-order chi connectivity index (χ1) is 11.1. The van der Waals surface area contributed by atoms with Crippen LogP contribution in [0, 0.1) is 5.92 Å². The van der Waals surface area contributed by atoms with Crippen LogP contribution in [0.25, 0.3) is 0 Å². The molecule has 6 heteroatoms. The Hall–Kier alpha value is -0.950. The van der Waals surface area contributed by atoms with Gasteiger partial charge in [0.1, 0.15) is 4.32 Å². The zero-order chi connectivity index (χ0) is 16.4. The summed E-state index contributed by atoms with van der Waals surface area (Å²) < 4.78 is 0.707. The number of thioether (sulfide) groups is 1. The molecule has 0 spiro atoms. The molecule has 0 saturated carbocycles. The van der Waals surface area contributed by atoms with Gasteiger partial charge in [0.2, 0.25) is 5.91 Å². The minimum absolute atomic E-state index is 0.0890. The largest absolute Gasteiger partial charge is 0.297 e. The SMILES string of the molecule is CC[C@H]1[C@@H](C(=O)N2CCSC2=S)[C@H](C)ON1Cc1ccccc1. The second kappa shape index (κ2) is 7.30. The summed E-state index contributed by atoms with van der Waals surface area (Å²) in [7, 11) is 0. The molecular formula is C17H22N2O2S2. The zero-order valence-electron chi connectivity index (χ0n) is 13.5. The summed E-state index contributed by atoms with van der Waals surface area (Å²) in [6.45, 7) is 5.53. The van der Waals surface area contributed by atoms with E-state index >= 15 is 0 Å². The lowest BCUT2D eigenvalue weighted by Crippen LogP contribution is -2.44. The van der Waals surface area contributed by atoms with Crippen LogP contribution in [-0.4, -0.2) is 44.6 Å². The van der Waals surface area contributed by atoms with E-state index in [-0.39, 0.29) is 24.0 Å². The van der Waals surface area contributed by atoms with Crippen LogP contribution in [0.5, 0.6) is 0 Å². The minimum atomic E-state index is -0.152. The third-order valence-electron chi connectivity index (χ3n) is 4.50. The fourth-order valence-electron chi connectivity index (χ4n) is 3.36. The van der Waals surface area contributed by atoms with Crippen molar-refractivity contribution in [2.45, 2.75) is 39.0 Å². The molecule has 0 N–H and O–H groups in total. The smallest absolute Gasteiger partial charge is 0.235 e. The van der Waals surface area contributed by atoms with Crippen LogP contribution in [-0.2, 0) is 16.2 Å². The fourth-order valence-corrected chi connectivity index (χ4v) is 4.58. The summed E-state index contributed by atoms with van der Waals surface area (Å²) in [5.74, 6) is 0.868. The summed E-state index contributed by atoms with van der Waals surface area (Å²) in [5, 5.41) is 1.98. The number of hydroxylamine groups is 2. The lowest BCUT2D eigenvalue weighted by molar-refractivity contribution is -0.165. The Morgan fingerprint density at radius 3 is 2.74 bits per heavy atom. The van der Waals surface area contributed by atoms with Gasteiger partial charge >= 0.3 is 0 Å². The van der Waals surface area contributed by atoms with Crippen molar-refractivity contribution in [1.82, 2.24) is 9.96 Å². The standard InChI is InChI=1S/C17H22N2O2S2/c1-3-14-15(16(20)18-9-10-23-17(18)22)12(2)21-19(14)11-13-7-5-4-6-8-13/h4-8,12,14-15H,3,9-11H2,1-2H3/t12-,14-,15-/m0/s1. The van der Waals surface area contributed by atoms with E-state index in [0.717, 1.165) is 18.7 Å². The molecule has 0 aliphatic carbocycles. The van der Waals surface area contributed by atoms with Gasteiger partial charge in [-0.25, -0.2) is 0 Å². The van der Waals surface area contributed by atoms with Crippen LogP contribution in [0.1, 0.15) is 25.8 Å². The van der Waals surface area contributed by atoms with Crippen molar-refractivity contribution in [1.29, 1.82) is 0 Å². The quantitative estimate of drug-likeness (QED) is 0.780. The van der Waals surface area contributed by atoms with Gasteiger partial charge in [0.05, 0.1) is 12.0 Å². The van der Waals surface area contributed by atoms with Crippen LogP contribution in [0.4, 0.5) is 0 Å². The van der Waals surface area contributed by atoms with Gasteiger partial charge in [-0.05, 0) is 18.9 Å². The Balaban J connectivity index is 1.75. The molecule has 2 saturated heterocycles. The molecule has 1 aromatic rings. The van der Waals surface area contributed by atoms with Gasteiger partial charge in [-0.3, -0.25) is 14.5 Å². The van der Waals surface area contributed by atoms with E-state index < -0.39 is 0 Å². The van der Waals surface area contributed by atoms with Gasteiger partial charge in [-0.1, -0.05) is 61.2 Å². The lowest BCUT2D eigenvalue weighted by atomic mass is 9.92. The number of carbonyl (C=O) groups is 1. The second-order valence-electron chi connectivity index (χ2n) is 5.98. The fraction of sp³-hybridized carbons (Fsp3) is 0.529. The summed E-state index contributed by atoms with van der Waals surface area (Å²) in [6, 6.07) is 10.3. The molecule has 3 rings (SSSR count). The summed E-state index contributed by atoms with van der Waals surface area (Å²) in [5.41, 5.74) is 1.19. The van der Waals surface area contributed by atoms with Crippen LogP contribution in [0.2, 0.25) is 0 Å². The van der Waals surface area contributed by atoms with E-state index in [9.17, 15) is 4.79 Å². The van der Waals surface area contributed by atoms with E-state index in [0.29, 0.717) is 10.9 Å². The number of carbonyl (C=O) groups excluding carboxylic acids is 1. The predicted octanol–water partition coefficient (Wildman–Crippen LogP) is 3.08. The highest BCUT2D eigenvalue weighted by molar-refractivity contribution is 8.23. The van der Waals surface area contributed by atoms with Crippen molar-refractivity contribution in [2.24, 2.45) is 5.92 Å². The highest BCUT2D eigenvalue weighted by Gasteiger charge is 2.46. The Kier molecular flexibility index (Phi) is 5.36. The maximum Gasteiger partial charge on any atom is 0.235 e. The first-order valence-corrected chi connectivity index (χ1v) is 9.46. The number of rotatable bonds is 4. The van der Waals surface area contributed by atoms with Crippen LogP contribution < -0.4 is 0 Å². The van der Waals surface area contributed by atoms with Crippen molar-refractivity contribution in [3.8, 4) is 0 Å². The topological polar surface area (TPSA) is 32.8 Å². The summed E-state index contributed by atoms with van der Waals surface area (Å²) in [6.07, 6.45) is 0.756. The monoisotopic (exact) mass is 350 g/mol. The number of hydrogen-bond acceptors (Lipinski definition) is 5. The first-order valence-electron chi connectivity index (χ1n) is 8.07. The van der Waals surface area contributed by atoms with Gasteiger partial charge in [-0.15, -0.1) is 0 Å². The normalized spacial score (nSPS) is 28.5. The van der Waals surface area contributed by atoms with Crippen LogP contribution >= 0.6 is 24.0 Å². The molecule has 1 aromatic carbocycles. The van der Waals surface area contributed by atoms with Crippen LogP contribution in [0.15, 0.2) is 30.3 Å². The Morgan fingerprint density at radius 2 is 2.13 bits per heavy atom. The van der Waals surface area contributed by atoms with Gasteiger partial charge < -0.3 is 0 Å². The molecule has 3 atom stereocenters. The highest BCUT2D eigenvalue weighted by atomic mass is 32.2. The van der Waals surface area contributed by atoms with Crippen molar-refractivity contribution >= 4 is 34.2 Å². The molecule has 0 unspecified atom stereocenters. The number of nitrogens with zero attached hydrogens (tertiary/aromatic N) is 2. The summed E-state index contributed by atoms with van der Waals surface area (Å²) in [4.78, 5) is 20.8. The maximum absolute atomic E-state index is 13.0. The van der Waals surface area contributed by atoms with E-state index in [1.807, 2.05) is 30.2 Å². The molecule has 2 aliphatic heterocycles. The van der Waals surface area contributed by atoms with Crippen molar-refractivity contribution < 1.29 is 9.63 Å². The Morgan fingerprint density at radius 1 is 1.39 bits per heavy atom. The van der Waals surface area contributed by atoms with E-state index in [1.165, 1.54) is 5.56 Å². The molecule has 23 heavy (non-hydrogen) atoms. The van der Waals surface area contributed by atoms with Crippen molar-refractivity contribution in [2.75, 3.05) is 12.3 Å². The Labute approximate surface area is 147 Å². The lowest BCUT2D eigenvalue weighted by Gasteiger charge is -2.26. The molecule has 2 aliphatic rings. The van der Waals surface area contributed by atoms with E-state index in [1.54, 1.807) is 16.7 Å².